The fourth-order valence-electron chi connectivity index (χ4n) is 2.90. The Bertz CT molecular complexity index is 393. The molecule has 0 atom stereocenters. The van der Waals surface area contributed by atoms with E-state index in [4.69, 9.17) is 9.15 Å². The third-order valence-electron chi connectivity index (χ3n) is 3.78. The maximum Gasteiger partial charge on any atom is 0.289 e. The molecule has 4 nitrogen and oxygen atoms in total. The summed E-state index contributed by atoms with van der Waals surface area (Å²) in [7, 11) is 0. The number of furan rings is 1. The molecule has 0 radical (unpaired) electrons. The minimum absolute atomic E-state index is 0.00965. The number of nitrogens with zero attached hydrogens (tertiary/aromatic N) is 1. The molecule has 92 valence electrons. The van der Waals surface area contributed by atoms with E-state index in [1.165, 1.54) is 12.8 Å². The van der Waals surface area contributed by atoms with Gasteiger partial charge >= 0.3 is 0 Å². The van der Waals surface area contributed by atoms with Crippen LogP contribution in [0.1, 0.15) is 36.2 Å². The molecular weight excluding hydrogens is 218 g/mol. The zero-order chi connectivity index (χ0) is 11.7. The van der Waals surface area contributed by atoms with Crippen LogP contribution in [0.2, 0.25) is 0 Å². The highest BCUT2D eigenvalue weighted by molar-refractivity contribution is 5.91. The van der Waals surface area contributed by atoms with Crippen molar-refractivity contribution < 1.29 is 13.9 Å². The molecule has 0 unspecified atom stereocenters. The van der Waals surface area contributed by atoms with Crippen molar-refractivity contribution in [2.75, 3.05) is 19.7 Å². The highest BCUT2D eigenvalue weighted by atomic mass is 16.5. The standard InChI is InChI=1S/C13H17NO3/c15-12(11-4-3-8-16-11)14-7-9-17-13(10-14)5-1-2-6-13/h3-4,8H,1-2,5-7,9-10H2. The zero-order valence-corrected chi connectivity index (χ0v) is 9.85. The number of morpholine rings is 1. The van der Waals surface area contributed by atoms with Crippen molar-refractivity contribution in [2.24, 2.45) is 0 Å². The van der Waals surface area contributed by atoms with E-state index in [-0.39, 0.29) is 11.5 Å². The molecule has 1 amide bonds. The molecule has 4 heteroatoms. The van der Waals surface area contributed by atoms with Gasteiger partial charge in [-0.1, -0.05) is 12.8 Å². The average molecular weight is 235 g/mol. The molecule has 0 bridgehead atoms. The number of hydrogen-bond acceptors (Lipinski definition) is 3. The van der Waals surface area contributed by atoms with Crippen molar-refractivity contribution in [3.63, 3.8) is 0 Å². The van der Waals surface area contributed by atoms with Gasteiger partial charge in [0, 0.05) is 6.54 Å². The van der Waals surface area contributed by atoms with E-state index in [1.807, 2.05) is 4.90 Å². The van der Waals surface area contributed by atoms with Crippen LogP contribution in [0.25, 0.3) is 0 Å². The first-order chi connectivity index (χ1) is 8.29. The van der Waals surface area contributed by atoms with Gasteiger partial charge in [-0.05, 0) is 25.0 Å². The second kappa shape index (κ2) is 4.18. The number of ether oxygens (including phenoxy) is 1. The normalized spacial score (nSPS) is 23.2. The lowest BCUT2D eigenvalue weighted by Gasteiger charge is -2.40. The lowest BCUT2D eigenvalue weighted by molar-refractivity contribution is -0.0952. The summed E-state index contributed by atoms with van der Waals surface area (Å²) in [6, 6.07) is 3.47. The summed E-state index contributed by atoms with van der Waals surface area (Å²) in [5, 5.41) is 0. The first-order valence-corrected chi connectivity index (χ1v) is 6.26. The monoisotopic (exact) mass is 235 g/mol. The fraction of sp³-hybridized carbons (Fsp3) is 0.615. The number of carbonyl (C=O) groups excluding carboxylic acids is 1. The Morgan fingerprint density at radius 1 is 1.35 bits per heavy atom. The number of amides is 1. The van der Waals surface area contributed by atoms with Crippen LogP contribution in [0, 0.1) is 0 Å². The van der Waals surface area contributed by atoms with Gasteiger partial charge < -0.3 is 14.1 Å². The van der Waals surface area contributed by atoms with Crippen LogP contribution < -0.4 is 0 Å². The molecule has 2 fully saturated rings. The van der Waals surface area contributed by atoms with E-state index in [0.29, 0.717) is 25.5 Å². The van der Waals surface area contributed by atoms with Crippen molar-refractivity contribution in [1.29, 1.82) is 0 Å². The predicted molar refractivity (Wildman–Crippen MR) is 61.8 cm³/mol. The third kappa shape index (κ3) is 1.97. The summed E-state index contributed by atoms with van der Waals surface area (Å²) in [5.41, 5.74) is -0.0689. The van der Waals surface area contributed by atoms with Gasteiger partial charge in [-0.25, -0.2) is 0 Å². The van der Waals surface area contributed by atoms with Crippen LogP contribution in [-0.4, -0.2) is 36.1 Å². The van der Waals surface area contributed by atoms with E-state index in [2.05, 4.69) is 0 Å². The van der Waals surface area contributed by atoms with Crippen molar-refractivity contribution in [3.05, 3.63) is 24.2 Å². The molecule has 1 spiro atoms. The molecule has 2 heterocycles. The van der Waals surface area contributed by atoms with E-state index in [9.17, 15) is 4.79 Å². The second-order valence-corrected chi connectivity index (χ2v) is 4.94. The molecule has 1 aromatic heterocycles. The van der Waals surface area contributed by atoms with Gasteiger partial charge in [0.15, 0.2) is 5.76 Å². The topological polar surface area (TPSA) is 42.7 Å². The Hall–Kier alpha value is -1.29. The predicted octanol–water partition coefficient (Wildman–Crippen LogP) is 2.06. The van der Waals surface area contributed by atoms with Crippen molar-refractivity contribution in [3.8, 4) is 0 Å². The maximum absolute atomic E-state index is 12.2. The second-order valence-electron chi connectivity index (χ2n) is 4.94. The summed E-state index contributed by atoms with van der Waals surface area (Å²) in [4.78, 5) is 14.0. The zero-order valence-electron chi connectivity index (χ0n) is 9.85. The number of hydrogen-bond donors (Lipinski definition) is 0. The quantitative estimate of drug-likeness (QED) is 0.748. The Kier molecular flexibility index (Phi) is 2.67. The summed E-state index contributed by atoms with van der Waals surface area (Å²) in [6.07, 6.45) is 6.12. The van der Waals surface area contributed by atoms with Crippen LogP contribution in [0.4, 0.5) is 0 Å². The minimum atomic E-state index is -0.0689. The van der Waals surface area contributed by atoms with Gasteiger partial charge in [-0.3, -0.25) is 4.79 Å². The smallest absolute Gasteiger partial charge is 0.289 e. The molecule has 1 saturated carbocycles. The van der Waals surface area contributed by atoms with Gasteiger partial charge in [-0.15, -0.1) is 0 Å². The maximum atomic E-state index is 12.2. The van der Waals surface area contributed by atoms with E-state index < -0.39 is 0 Å². The molecule has 0 aromatic carbocycles. The highest BCUT2D eigenvalue weighted by Crippen LogP contribution is 2.36. The van der Waals surface area contributed by atoms with Crippen LogP contribution in [-0.2, 0) is 4.74 Å². The first-order valence-electron chi connectivity index (χ1n) is 6.26. The van der Waals surface area contributed by atoms with Gasteiger partial charge in [0.05, 0.1) is 25.0 Å². The minimum Gasteiger partial charge on any atom is -0.459 e. The number of rotatable bonds is 1. The van der Waals surface area contributed by atoms with Gasteiger partial charge in [0.1, 0.15) is 0 Å². The molecule has 2 aliphatic rings. The van der Waals surface area contributed by atoms with E-state index in [1.54, 1.807) is 18.4 Å². The fourth-order valence-corrected chi connectivity index (χ4v) is 2.90. The van der Waals surface area contributed by atoms with Crippen molar-refractivity contribution in [1.82, 2.24) is 4.90 Å². The van der Waals surface area contributed by atoms with Crippen LogP contribution in [0.15, 0.2) is 22.8 Å². The highest BCUT2D eigenvalue weighted by Gasteiger charge is 2.41. The SMILES string of the molecule is O=C(c1ccco1)N1CCOC2(CCCC2)C1. The molecule has 1 aromatic rings. The van der Waals surface area contributed by atoms with Gasteiger partial charge in [0.25, 0.3) is 5.91 Å². The summed E-state index contributed by atoms with van der Waals surface area (Å²) in [5.74, 6) is 0.421. The summed E-state index contributed by atoms with van der Waals surface area (Å²) < 4.78 is 11.1. The van der Waals surface area contributed by atoms with E-state index in [0.717, 1.165) is 12.8 Å². The van der Waals surface area contributed by atoms with Crippen LogP contribution in [0.3, 0.4) is 0 Å². The van der Waals surface area contributed by atoms with Crippen molar-refractivity contribution >= 4 is 5.91 Å². The van der Waals surface area contributed by atoms with Gasteiger partial charge in [-0.2, -0.15) is 0 Å². The van der Waals surface area contributed by atoms with Gasteiger partial charge in [0.2, 0.25) is 0 Å². The largest absolute Gasteiger partial charge is 0.459 e. The molecule has 1 saturated heterocycles. The van der Waals surface area contributed by atoms with Crippen LogP contribution in [0.5, 0.6) is 0 Å². The summed E-state index contributed by atoms with van der Waals surface area (Å²) >= 11 is 0. The summed E-state index contributed by atoms with van der Waals surface area (Å²) in [6.45, 7) is 2.03. The Morgan fingerprint density at radius 2 is 2.18 bits per heavy atom. The molecule has 1 aliphatic heterocycles. The van der Waals surface area contributed by atoms with Crippen LogP contribution >= 0.6 is 0 Å². The third-order valence-corrected chi connectivity index (χ3v) is 3.78. The molecule has 17 heavy (non-hydrogen) atoms. The van der Waals surface area contributed by atoms with E-state index >= 15 is 0 Å². The van der Waals surface area contributed by atoms with Crippen molar-refractivity contribution in [2.45, 2.75) is 31.3 Å². The molecule has 3 rings (SSSR count). The Labute approximate surface area is 101 Å². The lowest BCUT2D eigenvalue weighted by Crippen LogP contribution is -2.52. The molecular formula is C13H17NO3. The Morgan fingerprint density at radius 3 is 2.88 bits per heavy atom. The molecule has 1 aliphatic carbocycles. The Balaban J connectivity index is 1.73. The first kappa shape index (κ1) is 10.8. The number of carbonyl (C=O) groups is 1. The molecule has 0 N–H and O–H groups in total. The average Bonchev–Trinajstić information content (AvgIpc) is 3.00. The lowest BCUT2D eigenvalue weighted by atomic mass is 9.99.